The highest BCUT2D eigenvalue weighted by Crippen LogP contribution is 2.44. The van der Waals surface area contributed by atoms with Gasteiger partial charge in [0.05, 0.1) is 6.10 Å². The van der Waals surface area contributed by atoms with Crippen LogP contribution in [0.15, 0.2) is 0 Å². The average Bonchev–Trinajstić information content (AvgIpc) is 2.34. The third-order valence-corrected chi connectivity index (χ3v) is 3.34. The summed E-state index contributed by atoms with van der Waals surface area (Å²) >= 11 is 0. The van der Waals surface area contributed by atoms with Gasteiger partial charge in [0.1, 0.15) is 0 Å². The van der Waals surface area contributed by atoms with E-state index in [1.807, 2.05) is 0 Å². The van der Waals surface area contributed by atoms with E-state index >= 15 is 0 Å². The van der Waals surface area contributed by atoms with E-state index in [0.29, 0.717) is 5.41 Å². The molecule has 2 aliphatic rings. The van der Waals surface area contributed by atoms with Crippen LogP contribution in [0.25, 0.3) is 0 Å². The van der Waals surface area contributed by atoms with E-state index in [0.717, 1.165) is 25.9 Å². The first kappa shape index (κ1) is 7.56. The molecular weight excluding hydrogens is 138 g/mol. The topological polar surface area (TPSA) is 32.3 Å². The fourth-order valence-corrected chi connectivity index (χ4v) is 2.59. The molecule has 0 unspecified atom stereocenters. The van der Waals surface area contributed by atoms with Gasteiger partial charge in [0.25, 0.3) is 0 Å². The average molecular weight is 155 g/mol. The number of hydrogen-bond acceptors (Lipinski definition) is 2. The largest absolute Gasteiger partial charge is 0.393 e. The molecule has 0 bridgehead atoms. The highest BCUT2D eigenvalue weighted by Gasteiger charge is 2.38. The minimum atomic E-state index is 0.00750. The molecule has 0 radical (unpaired) electrons. The molecule has 1 heterocycles. The monoisotopic (exact) mass is 155 g/mol. The molecule has 0 aromatic rings. The van der Waals surface area contributed by atoms with Crippen molar-refractivity contribution in [3.8, 4) is 0 Å². The van der Waals surface area contributed by atoms with Crippen LogP contribution in [0.2, 0.25) is 0 Å². The van der Waals surface area contributed by atoms with Gasteiger partial charge < -0.3 is 10.4 Å². The highest BCUT2D eigenvalue weighted by atomic mass is 16.3. The molecule has 1 spiro atoms. The van der Waals surface area contributed by atoms with Gasteiger partial charge in [-0.2, -0.15) is 0 Å². The van der Waals surface area contributed by atoms with Crippen molar-refractivity contribution in [3.05, 3.63) is 0 Å². The maximum absolute atomic E-state index is 9.43. The van der Waals surface area contributed by atoms with Gasteiger partial charge in [-0.25, -0.2) is 0 Å². The Morgan fingerprint density at radius 1 is 1.18 bits per heavy atom. The van der Waals surface area contributed by atoms with Gasteiger partial charge in [-0.15, -0.1) is 0 Å². The third-order valence-electron chi connectivity index (χ3n) is 3.34. The van der Waals surface area contributed by atoms with Gasteiger partial charge in [-0.3, -0.25) is 0 Å². The molecule has 1 aliphatic carbocycles. The van der Waals surface area contributed by atoms with E-state index in [9.17, 15) is 5.11 Å². The molecule has 0 amide bonds. The van der Waals surface area contributed by atoms with Crippen LogP contribution in [-0.2, 0) is 0 Å². The molecule has 1 aliphatic heterocycles. The first-order valence-electron chi connectivity index (χ1n) is 4.70. The summed E-state index contributed by atoms with van der Waals surface area (Å²) in [5.74, 6) is 0. The summed E-state index contributed by atoms with van der Waals surface area (Å²) in [5, 5.41) is 12.8. The second kappa shape index (κ2) is 2.76. The van der Waals surface area contributed by atoms with E-state index in [1.54, 1.807) is 0 Å². The van der Waals surface area contributed by atoms with Crippen molar-refractivity contribution in [1.29, 1.82) is 0 Å². The van der Waals surface area contributed by atoms with E-state index in [1.165, 1.54) is 19.3 Å². The zero-order valence-corrected chi connectivity index (χ0v) is 6.97. The summed E-state index contributed by atoms with van der Waals surface area (Å²) in [6, 6.07) is 0. The van der Waals surface area contributed by atoms with Crippen molar-refractivity contribution in [2.75, 3.05) is 13.1 Å². The number of aliphatic hydroxyl groups is 1. The Kier molecular flexibility index (Phi) is 1.90. The zero-order chi connectivity index (χ0) is 7.73. The minimum Gasteiger partial charge on any atom is -0.393 e. The third kappa shape index (κ3) is 1.42. The lowest BCUT2D eigenvalue weighted by atomic mass is 9.77. The van der Waals surface area contributed by atoms with Crippen molar-refractivity contribution >= 4 is 0 Å². The molecule has 2 N–H and O–H groups in total. The van der Waals surface area contributed by atoms with Crippen molar-refractivity contribution in [2.45, 2.75) is 38.2 Å². The Labute approximate surface area is 68.0 Å². The number of nitrogens with one attached hydrogen (secondary N) is 1. The molecule has 1 saturated carbocycles. The van der Waals surface area contributed by atoms with Crippen LogP contribution >= 0.6 is 0 Å². The second-order valence-electron chi connectivity index (χ2n) is 4.15. The van der Waals surface area contributed by atoms with Crippen molar-refractivity contribution < 1.29 is 5.11 Å². The molecule has 2 nitrogen and oxygen atoms in total. The summed E-state index contributed by atoms with van der Waals surface area (Å²) in [6.45, 7) is 2.32. The quantitative estimate of drug-likeness (QED) is 0.545. The van der Waals surface area contributed by atoms with E-state index in [-0.39, 0.29) is 6.10 Å². The maximum atomic E-state index is 9.43. The van der Waals surface area contributed by atoms with Gasteiger partial charge in [0.15, 0.2) is 0 Å². The normalized spacial score (nSPS) is 36.3. The van der Waals surface area contributed by atoms with Crippen LogP contribution in [0.3, 0.4) is 0 Å². The number of hydrogen-bond donors (Lipinski definition) is 2. The SMILES string of the molecule is O[C@H]1CCC2(CCNCC2)C1. The molecule has 2 fully saturated rings. The Hall–Kier alpha value is -0.0800. The summed E-state index contributed by atoms with van der Waals surface area (Å²) < 4.78 is 0. The highest BCUT2D eigenvalue weighted by molar-refractivity contribution is 4.92. The lowest BCUT2D eigenvalue weighted by molar-refractivity contribution is 0.140. The van der Waals surface area contributed by atoms with Crippen LogP contribution in [0.5, 0.6) is 0 Å². The molecule has 0 aromatic carbocycles. The maximum Gasteiger partial charge on any atom is 0.0545 e. The Morgan fingerprint density at radius 3 is 2.45 bits per heavy atom. The smallest absolute Gasteiger partial charge is 0.0545 e. The molecule has 2 rings (SSSR count). The Morgan fingerprint density at radius 2 is 1.91 bits per heavy atom. The van der Waals surface area contributed by atoms with Gasteiger partial charge >= 0.3 is 0 Å². The van der Waals surface area contributed by atoms with E-state index < -0.39 is 0 Å². The van der Waals surface area contributed by atoms with E-state index in [4.69, 9.17) is 0 Å². The van der Waals surface area contributed by atoms with Crippen LogP contribution in [0, 0.1) is 5.41 Å². The van der Waals surface area contributed by atoms with Crippen LogP contribution in [0.4, 0.5) is 0 Å². The minimum absolute atomic E-state index is 0.00750. The number of aliphatic hydroxyl groups excluding tert-OH is 1. The van der Waals surface area contributed by atoms with Crippen molar-refractivity contribution in [2.24, 2.45) is 5.41 Å². The van der Waals surface area contributed by atoms with Crippen LogP contribution in [0.1, 0.15) is 32.1 Å². The molecule has 2 heteroatoms. The molecule has 0 aromatic heterocycles. The van der Waals surface area contributed by atoms with Crippen LogP contribution < -0.4 is 5.32 Å². The predicted molar refractivity (Wildman–Crippen MR) is 44.4 cm³/mol. The molecule has 1 saturated heterocycles. The standard InChI is InChI=1S/C9H17NO/c11-8-1-2-9(7-8)3-5-10-6-4-9/h8,10-11H,1-7H2/t8-/m0/s1. The summed E-state index contributed by atoms with van der Waals surface area (Å²) in [4.78, 5) is 0. The van der Waals surface area contributed by atoms with Crippen molar-refractivity contribution in [1.82, 2.24) is 5.32 Å². The summed E-state index contributed by atoms with van der Waals surface area (Å²) in [6.07, 6.45) is 5.94. The Bertz CT molecular complexity index is 135. The Balaban J connectivity index is 1.98. The molecule has 11 heavy (non-hydrogen) atoms. The fraction of sp³-hybridized carbons (Fsp3) is 1.00. The van der Waals surface area contributed by atoms with Gasteiger partial charge in [0, 0.05) is 0 Å². The second-order valence-corrected chi connectivity index (χ2v) is 4.15. The summed E-state index contributed by atoms with van der Waals surface area (Å²) in [5.41, 5.74) is 0.532. The van der Waals surface area contributed by atoms with Crippen molar-refractivity contribution in [3.63, 3.8) is 0 Å². The lowest BCUT2D eigenvalue weighted by Gasteiger charge is -2.33. The predicted octanol–water partition coefficient (Wildman–Crippen LogP) is 0.901. The fourth-order valence-electron chi connectivity index (χ4n) is 2.59. The van der Waals surface area contributed by atoms with E-state index in [2.05, 4.69) is 5.32 Å². The first-order valence-corrected chi connectivity index (χ1v) is 4.70. The number of piperidine rings is 1. The van der Waals surface area contributed by atoms with Gasteiger partial charge in [0.2, 0.25) is 0 Å². The molecule has 64 valence electrons. The number of rotatable bonds is 0. The zero-order valence-electron chi connectivity index (χ0n) is 6.97. The first-order chi connectivity index (χ1) is 5.31. The van der Waals surface area contributed by atoms with Gasteiger partial charge in [-0.05, 0) is 50.6 Å². The summed E-state index contributed by atoms with van der Waals surface area (Å²) in [7, 11) is 0. The molecule has 1 atom stereocenters. The van der Waals surface area contributed by atoms with Gasteiger partial charge in [-0.1, -0.05) is 0 Å². The molecular formula is C9H17NO. The lowest BCUT2D eigenvalue weighted by Crippen LogP contribution is -2.35. The van der Waals surface area contributed by atoms with Crippen LogP contribution in [-0.4, -0.2) is 24.3 Å².